The number of ether oxygens (including phenoxy) is 1. The van der Waals surface area contributed by atoms with Gasteiger partial charge in [-0.2, -0.15) is 0 Å². The highest BCUT2D eigenvalue weighted by molar-refractivity contribution is 5.77. The average Bonchev–Trinajstić information content (AvgIpc) is 2.96. The van der Waals surface area contributed by atoms with Crippen LogP contribution in [0.1, 0.15) is 18.7 Å². The molecule has 6 nitrogen and oxygen atoms in total. The number of para-hydroxylation sites is 2. The Morgan fingerprint density at radius 3 is 3.09 bits per heavy atom. The summed E-state index contributed by atoms with van der Waals surface area (Å²) in [5.74, 6) is 0.987. The first-order valence-electron chi connectivity index (χ1n) is 7.67. The van der Waals surface area contributed by atoms with Gasteiger partial charge in [-0.1, -0.05) is 12.1 Å². The molecule has 22 heavy (non-hydrogen) atoms. The van der Waals surface area contributed by atoms with Crippen LogP contribution in [0.25, 0.3) is 11.0 Å². The first kappa shape index (κ1) is 15.0. The maximum atomic E-state index is 12.3. The fourth-order valence-electron chi connectivity index (χ4n) is 2.92. The molecule has 3 N–H and O–H groups in total. The van der Waals surface area contributed by atoms with Crippen LogP contribution in [0.3, 0.4) is 0 Å². The van der Waals surface area contributed by atoms with Crippen LogP contribution in [-0.4, -0.2) is 53.1 Å². The molecule has 118 valence electrons. The largest absolute Gasteiger partial charge is 0.378 e. The predicted octanol–water partition coefficient (Wildman–Crippen LogP) is 1.07. The molecule has 1 aromatic heterocycles. The van der Waals surface area contributed by atoms with E-state index in [2.05, 4.69) is 9.97 Å². The first-order chi connectivity index (χ1) is 10.7. The second-order valence-electron chi connectivity index (χ2n) is 5.77. The van der Waals surface area contributed by atoms with Gasteiger partial charge in [-0.15, -0.1) is 0 Å². The Kier molecular flexibility index (Phi) is 4.40. The lowest BCUT2D eigenvalue weighted by atomic mass is 10.0. The summed E-state index contributed by atoms with van der Waals surface area (Å²) in [6, 6.07) is 7.90. The number of nitrogens with zero attached hydrogens (tertiary/aromatic N) is 2. The van der Waals surface area contributed by atoms with Crippen molar-refractivity contribution in [3.05, 3.63) is 30.1 Å². The minimum atomic E-state index is -0.0658. The molecular formula is C16H22N4O2. The number of amides is 1. The number of aromatic nitrogens is 2. The molecule has 0 saturated carbocycles. The molecule has 1 aliphatic heterocycles. The van der Waals surface area contributed by atoms with Crippen molar-refractivity contribution in [2.45, 2.75) is 31.4 Å². The molecule has 2 atom stereocenters. The molecule has 1 saturated heterocycles. The quantitative estimate of drug-likeness (QED) is 0.885. The number of nitrogens with one attached hydrogen (secondary N) is 1. The zero-order valence-electron chi connectivity index (χ0n) is 12.8. The van der Waals surface area contributed by atoms with E-state index in [4.69, 9.17) is 10.5 Å². The summed E-state index contributed by atoms with van der Waals surface area (Å²) in [6.45, 7) is 1.29. The van der Waals surface area contributed by atoms with Gasteiger partial charge in [-0.05, 0) is 18.6 Å². The number of fused-ring (bicyclic) bond motifs is 1. The lowest BCUT2D eigenvalue weighted by Gasteiger charge is -2.36. The molecule has 1 aliphatic rings. The second-order valence-corrected chi connectivity index (χ2v) is 5.77. The van der Waals surface area contributed by atoms with Crippen molar-refractivity contribution in [3.63, 3.8) is 0 Å². The number of aromatic amines is 1. The van der Waals surface area contributed by atoms with Crippen molar-refractivity contribution < 1.29 is 9.53 Å². The van der Waals surface area contributed by atoms with Gasteiger partial charge in [0.1, 0.15) is 5.82 Å². The minimum Gasteiger partial charge on any atom is -0.378 e. The molecule has 0 radical (unpaired) electrons. The fraction of sp³-hybridized carbons (Fsp3) is 0.500. The van der Waals surface area contributed by atoms with E-state index < -0.39 is 0 Å². The monoisotopic (exact) mass is 302 g/mol. The minimum absolute atomic E-state index is 0.0180. The maximum absolute atomic E-state index is 12.3. The number of carbonyl (C=O) groups excluding carboxylic acids is 1. The Labute approximate surface area is 129 Å². The molecule has 1 amide bonds. The molecule has 0 bridgehead atoms. The van der Waals surface area contributed by atoms with E-state index >= 15 is 0 Å². The summed E-state index contributed by atoms with van der Waals surface area (Å²) in [5, 5.41) is 0. The zero-order chi connectivity index (χ0) is 15.5. The van der Waals surface area contributed by atoms with Crippen molar-refractivity contribution in [2.24, 2.45) is 5.73 Å². The summed E-state index contributed by atoms with van der Waals surface area (Å²) in [7, 11) is 1.65. The number of hydrogen-bond donors (Lipinski definition) is 2. The van der Waals surface area contributed by atoms with Gasteiger partial charge in [-0.3, -0.25) is 4.79 Å². The first-order valence-corrected chi connectivity index (χ1v) is 7.67. The molecule has 1 fully saturated rings. The van der Waals surface area contributed by atoms with E-state index in [0.717, 1.165) is 23.3 Å². The third kappa shape index (κ3) is 3.13. The van der Waals surface area contributed by atoms with E-state index in [0.29, 0.717) is 25.9 Å². The smallest absolute Gasteiger partial charge is 0.223 e. The number of carbonyl (C=O) groups is 1. The van der Waals surface area contributed by atoms with Crippen LogP contribution < -0.4 is 5.73 Å². The lowest BCUT2D eigenvalue weighted by Crippen LogP contribution is -2.53. The van der Waals surface area contributed by atoms with Crippen LogP contribution in [0, 0.1) is 0 Å². The Morgan fingerprint density at radius 1 is 1.50 bits per heavy atom. The molecule has 0 aliphatic carbocycles. The Morgan fingerprint density at radius 2 is 2.32 bits per heavy atom. The summed E-state index contributed by atoms with van der Waals surface area (Å²) in [4.78, 5) is 21.9. The van der Waals surface area contributed by atoms with Gasteiger partial charge in [0.15, 0.2) is 0 Å². The van der Waals surface area contributed by atoms with E-state index in [1.54, 1.807) is 7.11 Å². The number of nitrogens with two attached hydrogens (primary N) is 1. The van der Waals surface area contributed by atoms with Crippen LogP contribution in [0.15, 0.2) is 24.3 Å². The number of benzene rings is 1. The Hall–Kier alpha value is -1.92. The number of likely N-dealkylation sites (tertiary alicyclic amines) is 1. The molecule has 0 spiro atoms. The maximum Gasteiger partial charge on any atom is 0.223 e. The van der Waals surface area contributed by atoms with Crippen molar-refractivity contribution in [3.8, 4) is 0 Å². The van der Waals surface area contributed by atoms with E-state index in [1.807, 2.05) is 29.2 Å². The van der Waals surface area contributed by atoms with E-state index in [-0.39, 0.29) is 18.1 Å². The third-order valence-corrected chi connectivity index (χ3v) is 4.28. The molecular weight excluding hydrogens is 280 g/mol. The number of hydrogen-bond acceptors (Lipinski definition) is 4. The lowest BCUT2D eigenvalue weighted by molar-refractivity contribution is -0.135. The van der Waals surface area contributed by atoms with Gasteiger partial charge < -0.3 is 20.4 Å². The number of methoxy groups -OCH3 is 1. The number of H-pyrrole nitrogens is 1. The van der Waals surface area contributed by atoms with Crippen LogP contribution in [-0.2, 0) is 16.0 Å². The second kappa shape index (κ2) is 6.46. The van der Waals surface area contributed by atoms with E-state index in [1.165, 1.54) is 0 Å². The molecule has 1 aromatic carbocycles. The summed E-state index contributed by atoms with van der Waals surface area (Å²) >= 11 is 0. The number of piperidine rings is 1. The van der Waals surface area contributed by atoms with E-state index in [9.17, 15) is 4.79 Å². The normalized spacial score (nSPS) is 22.2. The summed E-state index contributed by atoms with van der Waals surface area (Å²) in [6.07, 6.45) is 1.79. The molecule has 3 rings (SSSR count). The van der Waals surface area contributed by atoms with Crippen molar-refractivity contribution in [1.82, 2.24) is 14.9 Å². The van der Waals surface area contributed by atoms with Crippen LogP contribution in [0.4, 0.5) is 0 Å². The highest BCUT2D eigenvalue weighted by Crippen LogP contribution is 2.15. The van der Waals surface area contributed by atoms with Gasteiger partial charge in [0, 0.05) is 39.1 Å². The number of imidazole rings is 1. The molecule has 6 heteroatoms. The third-order valence-electron chi connectivity index (χ3n) is 4.28. The van der Waals surface area contributed by atoms with Gasteiger partial charge in [0.2, 0.25) is 5.91 Å². The Bertz CT molecular complexity index is 621. The van der Waals surface area contributed by atoms with Gasteiger partial charge >= 0.3 is 0 Å². The topological polar surface area (TPSA) is 84.2 Å². The van der Waals surface area contributed by atoms with Crippen molar-refractivity contribution in [2.75, 3.05) is 20.2 Å². The standard InChI is InChI=1S/C16H22N4O2/c1-22-14-10-20(9-8-11(14)17)16(21)7-6-15-18-12-4-2-3-5-13(12)19-15/h2-5,11,14H,6-10,17H2,1H3,(H,18,19)/t11-,14+/m0/s1. The average molecular weight is 302 g/mol. The van der Waals surface area contributed by atoms with Crippen LogP contribution in [0.2, 0.25) is 0 Å². The predicted molar refractivity (Wildman–Crippen MR) is 84.4 cm³/mol. The highest BCUT2D eigenvalue weighted by atomic mass is 16.5. The van der Waals surface area contributed by atoms with Gasteiger partial charge in [0.25, 0.3) is 0 Å². The summed E-state index contributed by atoms with van der Waals surface area (Å²) < 4.78 is 5.35. The number of aryl methyl sites for hydroxylation is 1. The van der Waals surface area contributed by atoms with Crippen molar-refractivity contribution >= 4 is 16.9 Å². The SMILES string of the molecule is CO[C@@H]1CN(C(=O)CCc2nc3ccccc3[nH]2)CC[C@@H]1N. The van der Waals surface area contributed by atoms with Crippen LogP contribution in [0.5, 0.6) is 0 Å². The highest BCUT2D eigenvalue weighted by Gasteiger charge is 2.28. The fourth-order valence-corrected chi connectivity index (χ4v) is 2.92. The summed E-state index contributed by atoms with van der Waals surface area (Å²) in [5.41, 5.74) is 7.93. The number of rotatable bonds is 4. The Balaban J connectivity index is 1.57. The van der Waals surface area contributed by atoms with Crippen LogP contribution >= 0.6 is 0 Å². The van der Waals surface area contributed by atoms with Gasteiger partial charge in [-0.25, -0.2) is 4.98 Å². The molecule has 2 heterocycles. The molecule has 0 unspecified atom stereocenters. The molecule has 2 aromatic rings. The zero-order valence-corrected chi connectivity index (χ0v) is 12.8. The van der Waals surface area contributed by atoms with Crippen molar-refractivity contribution in [1.29, 1.82) is 0 Å². The van der Waals surface area contributed by atoms with Gasteiger partial charge in [0.05, 0.1) is 17.1 Å².